The minimum Gasteiger partial charge on any atom is -0.326 e. The summed E-state index contributed by atoms with van der Waals surface area (Å²) in [5.74, 6) is -3.32. The quantitative estimate of drug-likeness (QED) is 0.645. The maximum Gasteiger partial charge on any atom is 0.234 e. The molecule has 1 aromatic rings. The standard InChI is InChI=1S/C10H8F2N2O3/c11-7-2-1-5(3-8(7)12)13-10(15)6-4-9(6)14(16)17/h1-3,6,9H,4H2,(H,13,15)/t6-,9+/m0/s1. The van der Waals surface area contributed by atoms with Gasteiger partial charge in [-0.15, -0.1) is 0 Å². The van der Waals surface area contributed by atoms with E-state index in [9.17, 15) is 23.7 Å². The molecule has 0 heterocycles. The maximum atomic E-state index is 12.8. The molecule has 1 saturated carbocycles. The molecular weight excluding hydrogens is 234 g/mol. The van der Waals surface area contributed by atoms with E-state index in [1.165, 1.54) is 6.07 Å². The van der Waals surface area contributed by atoms with Gasteiger partial charge in [0.2, 0.25) is 11.9 Å². The van der Waals surface area contributed by atoms with Crippen molar-refractivity contribution in [2.75, 3.05) is 5.32 Å². The molecule has 1 fully saturated rings. The molecule has 0 unspecified atom stereocenters. The van der Waals surface area contributed by atoms with E-state index in [0.29, 0.717) is 0 Å². The molecule has 0 bridgehead atoms. The van der Waals surface area contributed by atoms with Crippen molar-refractivity contribution >= 4 is 11.6 Å². The van der Waals surface area contributed by atoms with Gasteiger partial charge in [-0.25, -0.2) is 8.78 Å². The van der Waals surface area contributed by atoms with E-state index in [4.69, 9.17) is 0 Å². The Morgan fingerprint density at radius 1 is 1.41 bits per heavy atom. The topological polar surface area (TPSA) is 72.2 Å². The van der Waals surface area contributed by atoms with Gasteiger partial charge in [-0.3, -0.25) is 14.9 Å². The number of anilines is 1. The van der Waals surface area contributed by atoms with Crippen molar-refractivity contribution in [2.45, 2.75) is 12.5 Å². The van der Waals surface area contributed by atoms with Gasteiger partial charge in [0.25, 0.3) is 0 Å². The van der Waals surface area contributed by atoms with Gasteiger partial charge in [-0.1, -0.05) is 0 Å². The third-order valence-electron chi connectivity index (χ3n) is 2.55. The minimum atomic E-state index is -1.08. The Balaban J connectivity index is 2.00. The summed E-state index contributed by atoms with van der Waals surface area (Å²) in [6, 6.07) is 2.04. The third-order valence-corrected chi connectivity index (χ3v) is 2.55. The Morgan fingerprint density at radius 2 is 2.12 bits per heavy atom. The fraction of sp³-hybridized carbons (Fsp3) is 0.300. The summed E-state index contributed by atoms with van der Waals surface area (Å²) >= 11 is 0. The number of nitrogens with one attached hydrogen (secondary N) is 1. The van der Waals surface area contributed by atoms with Gasteiger partial charge in [0.15, 0.2) is 11.6 Å². The van der Waals surface area contributed by atoms with Crippen molar-refractivity contribution in [2.24, 2.45) is 5.92 Å². The molecule has 1 aromatic carbocycles. The van der Waals surface area contributed by atoms with Crippen LogP contribution in [0.1, 0.15) is 6.42 Å². The number of hydrogen-bond donors (Lipinski definition) is 1. The van der Waals surface area contributed by atoms with Crippen LogP contribution in [0, 0.1) is 27.7 Å². The highest BCUT2D eigenvalue weighted by Gasteiger charge is 2.53. The molecular formula is C10H8F2N2O3. The second-order valence-corrected chi connectivity index (χ2v) is 3.81. The lowest BCUT2D eigenvalue weighted by molar-refractivity contribution is -0.497. The fourth-order valence-corrected chi connectivity index (χ4v) is 1.51. The largest absolute Gasteiger partial charge is 0.326 e. The zero-order valence-electron chi connectivity index (χ0n) is 8.52. The second-order valence-electron chi connectivity index (χ2n) is 3.81. The number of carbonyl (C=O) groups is 1. The van der Waals surface area contributed by atoms with E-state index in [2.05, 4.69) is 5.32 Å². The first-order valence-electron chi connectivity index (χ1n) is 4.88. The van der Waals surface area contributed by atoms with E-state index < -0.39 is 34.4 Å². The van der Waals surface area contributed by atoms with Crippen LogP contribution in [-0.4, -0.2) is 16.9 Å². The van der Waals surface area contributed by atoms with Crippen LogP contribution in [-0.2, 0) is 4.79 Å². The van der Waals surface area contributed by atoms with Gasteiger partial charge in [0, 0.05) is 23.1 Å². The predicted molar refractivity (Wildman–Crippen MR) is 53.9 cm³/mol. The first kappa shape index (κ1) is 11.4. The van der Waals surface area contributed by atoms with Gasteiger partial charge in [-0.2, -0.15) is 0 Å². The van der Waals surface area contributed by atoms with Crippen molar-refractivity contribution in [3.63, 3.8) is 0 Å². The molecule has 7 heteroatoms. The molecule has 17 heavy (non-hydrogen) atoms. The highest BCUT2D eigenvalue weighted by Crippen LogP contribution is 2.34. The van der Waals surface area contributed by atoms with Crippen molar-refractivity contribution < 1.29 is 18.5 Å². The van der Waals surface area contributed by atoms with E-state index in [1.807, 2.05) is 0 Å². The van der Waals surface area contributed by atoms with Crippen LogP contribution in [0.4, 0.5) is 14.5 Å². The number of halogens is 2. The third kappa shape index (κ3) is 2.38. The molecule has 1 aliphatic rings. The second kappa shape index (κ2) is 4.08. The van der Waals surface area contributed by atoms with Crippen LogP contribution >= 0.6 is 0 Å². The minimum absolute atomic E-state index is 0.0860. The average Bonchev–Trinajstić information content (AvgIpc) is 3.03. The number of nitro groups is 1. The van der Waals surface area contributed by atoms with Gasteiger partial charge in [-0.05, 0) is 12.1 Å². The lowest BCUT2D eigenvalue weighted by atomic mass is 10.3. The molecule has 2 atom stereocenters. The lowest BCUT2D eigenvalue weighted by Gasteiger charge is -2.03. The SMILES string of the molecule is O=C(Nc1ccc(F)c(F)c1)[C@H]1C[C@H]1[N+](=O)[O-]. The number of benzene rings is 1. The number of nitrogens with zero attached hydrogens (tertiary/aromatic N) is 1. The van der Waals surface area contributed by atoms with Crippen LogP contribution in [0.5, 0.6) is 0 Å². The number of rotatable bonds is 3. The summed E-state index contributed by atoms with van der Waals surface area (Å²) in [6.45, 7) is 0. The Bertz CT molecular complexity index is 492. The van der Waals surface area contributed by atoms with Crippen LogP contribution in [0.3, 0.4) is 0 Å². The zero-order valence-corrected chi connectivity index (χ0v) is 8.52. The molecule has 90 valence electrons. The summed E-state index contributed by atoms with van der Waals surface area (Å²) in [5.41, 5.74) is 0.0860. The monoisotopic (exact) mass is 242 g/mol. The van der Waals surface area contributed by atoms with Crippen LogP contribution in [0.25, 0.3) is 0 Å². The van der Waals surface area contributed by atoms with E-state index >= 15 is 0 Å². The number of carbonyl (C=O) groups excluding carboxylic acids is 1. The smallest absolute Gasteiger partial charge is 0.234 e. The maximum absolute atomic E-state index is 12.8. The first-order valence-corrected chi connectivity index (χ1v) is 4.88. The van der Waals surface area contributed by atoms with Crippen molar-refractivity contribution in [1.29, 1.82) is 0 Å². The molecule has 0 aliphatic heterocycles. The van der Waals surface area contributed by atoms with Gasteiger partial charge in [0.1, 0.15) is 5.92 Å². The summed E-state index contributed by atoms with van der Waals surface area (Å²) < 4.78 is 25.4. The Labute approximate surface area is 94.6 Å². The normalized spacial score (nSPS) is 22.0. The molecule has 0 aromatic heterocycles. The van der Waals surface area contributed by atoms with Crippen molar-refractivity contribution in [3.8, 4) is 0 Å². The summed E-state index contributed by atoms with van der Waals surface area (Å²) in [5, 5.41) is 12.7. The Morgan fingerprint density at radius 3 is 2.65 bits per heavy atom. The first-order chi connectivity index (χ1) is 7.99. The Kier molecular flexibility index (Phi) is 2.74. The molecule has 0 saturated heterocycles. The van der Waals surface area contributed by atoms with Crippen molar-refractivity contribution in [1.82, 2.24) is 0 Å². The molecule has 0 radical (unpaired) electrons. The lowest BCUT2D eigenvalue weighted by Crippen LogP contribution is -2.18. The number of amides is 1. The molecule has 5 nitrogen and oxygen atoms in total. The fourth-order valence-electron chi connectivity index (χ4n) is 1.51. The molecule has 0 spiro atoms. The number of hydrogen-bond acceptors (Lipinski definition) is 3. The molecule has 1 N–H and O–H groups in total. The zero-order chi connectivity index (χ0) is 12.6. The van der Waals surface area contributed by atoms with Crippen LogP contribution < -0.4 is 5.32 Å². The highest BCUT2D eigenvalue weighted by molar-refractivity contribution is 5.94. The Hall–Kier alpha value is -2.05. The summed E-state index contributed by atoms with van der Waals surface area (Å²) in [6.07, 6.45) is 0.183. The van der Waals surface area contributed by atoms with Crippen LogP contribution in [0.15, 0.2) is 18.2 Å². The summed E-state index contributed by atoms with van der Waals surface area (Å²) in [4.78, 5) is 21.3. The van der Waals surface area contributed by atoms with Crippen molar-refractivity contribution in [3.05, 3.63) is 39.9 Å². The van der Waals surface area contributed by atoms with Gasteiger partial charge < -0.3 is 5.32 Å². The van der Waals surface area contributed by atoms with E-state index in [0.717, 1.165) is 12.1 Å². The van der Waals surface area contributed by atoms with Gasteiger partial charge >= 0.3 is 0 Å². The van der Waals surface area contributed by atoms with E-state index in [-0.39, 0.29) is 12.1 Å². The highest BCUT2D eigenvalue weighted by atomic mass is 19.2. The molecule has 1 aliphatic carbocycles. The van der Waals surface area contributed by atoms with E-state index in [1.54, 1.807) is 0 Å². The summed E-state index contributed by atoms with van der Waals surface area (Å²) in [7, 11) is 0. The van der Waals surface area contributed by atoms with Crippen LogP contribution in [0.2, 0.25) is 0 Å². The predicted octanol–water partition coefficient (Wildman–Crippen LogP) is 1.57. The molecule has 2 rings (SSSR count). The average molecular weight is 242 g/mol. The molecule has 1 amide bonds. The van der Waals surface area contributed by atoms with Gasteiger partial charge in [0.05, 0.1) is 0 Å².